The van der Waals surface area contributed by atoms with Crippen LogP contribution in [0.1, 0.15) is 46.2 Å². The van der Waals surface area contributed by atoms with E-state index in [1.54, 1.807) is 0 Å². The lowest BCUT2D eigenvalue weighted by Gasteiger charge is -2.04. The van der Waals surface area contributed by atoms with Crippen LogP contribution in [0.2, 0.25) is 0 Å². The monoisotopic (exact) mass is 256 g/mol. The quantitative estimate of drug-likeness (QED) is 0.580. The van der Waals surface area contributed by atoms with Crippen LogP contribution < -0.4 is 0 Å². The van der Waals surface area contributed by atoms with Gasteiger partial charge in [0.1, 0.15) is 0 Å². The van der Waals surface area contributed by atoms with Crippen molar-refractivity contribution in [3.05, 3.63) is 78.4 Å². The molecule has 0 aliphatic carbocycles. The van der Waals surface area contributed by atoms with Gasteiger partial charge in [0.05, 0.1) is 0 Å². The van der Waals surface area contributed by atoms with E-state index in [-0.39, 0.29) is 7.43 Å². The fourth-order valence-electron chi connectivity index (χ4n) is 1.45. The molecule has 0 radical (unpaired) electrons. The third-order valence-corrected chi connectivity index (χ3v) is 2.24. The maximum absolute atomic E-state index is 4.10. The largest absolute Gasteiger partial charge is 0.0906 e. The molecule has 0 saturated carbocycles. The maximum atomic E-state index is 4.10. The molecule has 2 aromatic carbocycles. The summed E-state index contributed by atoms with van der Waals surface area (Å²) in [4.78, 5) is 0. The van der Waals surface area contributed by atoms with Crippen molar-refractivity contribution < 1.29 is 0 Å². The van der Waals surface area contributed by atoms with Gasteiger partial charge in [-0.2, -0.15) is 0 Å². The van der Waals surface area contributed by atoms with Gasteiger partial charge in [-0.05, 0) is 16.7 Å². The first-order chi connectivity index (χ1) is 8.88. The predicted octanol–water partition coefficient (Wildman–Crippen LogP) is 6.44. The van der Waals surface area contributed by atoms with Crippen molar-refractivity contribution in [3.63, 3.8) is 0 Å². The fourth-order valence-corrected chi connectivity index (χ4v) is 1.45. The molecule has 0 heteroatoms. The summed E-state index contributed by atoms with van der Waals surface area (Å²) >= 11 is 0. The number of hydrogen-bond acceptors (Lipinski definition) is 0. The van der Waals surface area contributed by atoms with Crippen LogP contribution in [0.4, 0.5) is 0 Å². The maximum Gasteiger partial charge on any atom is -0.0183 e. The number of rotatable bonds is 2. The molecule has 0 aliphatic rings. The lowest BCUT2D eigenvalue weighted by molar-refractivity contribution is 1.50. The van der Waals surface area contributed by atoms with Gasteiger partial charge >= 0.3 is 0 Å². The molecule has 0 bridgehead atoms. The van der Waals surface area contributed by atoms with Gasteiger partial charge in [0.25, 0.3) is 0 Å². The summed E-state index contributed by atoms with van der Waals surface area (Å²) in [7, 11) is 0. The minimum atomic E-state index is 0. The first kappa shape index (κ1) is 19.5. The normalized spacial score (nSPS) is 7.79. The Morgan fingerprint density at radius 2 is 0.895 bits per heavy atom. The number of benzene rings is 2. The zero-order valence-electron chi connectivity index (χ0n) is 12.0. The van der Waals surface area contributed by atoms with Crippen molar-refractivity contribution in [2.24, 2.45) is 0 Å². The first-order valence-electron chi connectivity index (χ1n) is 6.67. The fraction of sp³-hybridized carbons (Fsp3) is 0.263. The molecule has 104 valence electrons. The van der Waals surface area contributed by atoms with Crippen LogP contribution in [0.15, 0.2) is 67.2 Å². The second-order valence-corrected chi connectivity index (χ2v) is 3.21. The lowest BCUT2D eigenvalue weighted by atomic mass is 10.0. The topological polar surface area (TPSA) is 0 Å². The summed E-state index contributed by atoms with van der Waals surface area (Å²) in [6.07, 6.45) is 0. The minimum Gasteiger partial charge on any atom is -0.0906 e. The molecule has 19 heavy (non-hydrogen) atoms. The Morgan fingerprint density at radius 1 is 0.632 bits per heavy atom. The van der Waals surface area contributed by atoms with Crippen molar-refractivity contribution in [2.75, 3.05) is 0 Å². The van der Waals surface area contributed by atoms with E-state index in [1.807, 2.05) is 64.1 Å². The Balaban J connectivity index is 0. The van der Waals surface area contributed by atoms with Crippen molar-refractivity contribution in [2.45, 2.75) is 35.1 Å². The van der Waals surface area contributed by atoms with Crippen molar-refractivity contribution in [1.29, 1.82) is 0 Å². The van der Waals surface area contributed by atoms with Crippen LogP contribution in [0.3, 0.4) is 0 Å². The second-order valence-electron chi connectivity index (χ2n) is 3.21. The Hall–Kier alpha value is -1.82. The molecule has 0 aromatic heterocycles. The highest BCUT2D eigenvalue weighted by molar-refractivity contribution is 5.77. The predicted molar refractivity (Wildman–Crippen MR) is 90.4 cm³/mol. The minimum absolute atomic E-state index is 0. The van der Waals surface area contributed by atoms with Gasteiger partial charge < -0.3 is 0 Å². The zero-order chi connectivity index (χ0) is 13.8. The highest BCUT2D eigenvalue weighted by Crippen LogP contribution is 2.20. The van der Waals surface area contributed by atoms with E-state index in [1.165, 1.54) is 11.1 Å². The van der Waals surface area contributed by atoms with Crippen LogP contribution in [0.5, 0.6) is 0 Å². The van der Waals surface area contributed by atoms with Crippen LogP contribution in [-0.4, -0.2) is 0 Å². The van der Waals surface area contributed by atoms with Gasteiger partial charge in [-0.15, -0.1) is 0 Å². The van der Waals surface area contributed by atoms with Gasteiger partial charge in [-0.3, -0.25) is 0 Å². The Bertz CT molecular complexity index is 371. The smallest absolute Gasteiger partial charge is 0.0183 e. The van der Waals surface area contributed by atoms with Gasteiger partial charge in [-0.25, -0.2) is 0 Å². The molecule has 0 amide bonds. The summed E-state index contributed by atoms with van der Waals surface area (Å²) in [6, 6.07) is 20.5. The van der Waals surface area contributed by atoms with Gasteiger partial charge in [0.15, 0.2) is 0 Å². The van der Waals surface area contributed by atoms with E-state index >= 15 is 0 Å². The molecule has 0 N–H and O–H groups in total. The van der Waals surface area contributed by atoms with Gasteiger partial charge in [0, 0.05) is 0 Å². The summed E-state index contributed by atoms with van der Waals surface area (Å²) in [5.74, 6) is 0. The number of hydrogen-bond donors (Lipinski definition) is 0. The Labute approximate surface area is 119 Å². The van der Waals surface area contributed by atoms with Gasteiger partial charge in [0.2, 0.25) is 0 Å². The van der Waals surface area contributed by atoms with E-state index in [0.717, 1.165) is 5.57 Å². The molecule has 0 nitrogen and oxygen atoms in total. The van der Waals surface area contributed by atoms with Crippen LogP contribution in [0.25, 0.3) is 5.57 Å². The third-order valence-electron chi connectivity index (χ3n) is 2.24. The SMILES string of the molecule is C.C=C(c1ccccc1)c1ccccc1.CC.CC. The molecule has 0 heterocycles. The zero-order valence-corrected chi connectivity index (χ0v) is 12.0. The molecular formula is C19H28. The molecule has 0 fully saturated rings. The average Bonchev–Trinajstić information content (AvgIpc) is 2.52. The van der Waals surface area contributed by atoms with E-state index in [0.29, 0.717) is 0 Å². The average molecular weight is 256 g/mol. The van der Waals surface area contributed by atoms with Gasteiger partial charge in [-0.1, -0.05) is 102 Å². The highest BCUT2D eigenvalue weighted by atomic mass is 14.0. The molecule has 0 atom stereocenters. The highest BCUT2D eigenvalue weighted by Gasteiger charge is 1.99. The molecule has 0 spiro atoms. The molecule has 2 rings (SSSR count). The van der Waals surface area contributed by atoms with Crippen LogP contribution in [-0.2, 0) is 0 Å². The van der Waals surface area contributed by atoms with Crippen LogP contribution >= 0.6 is 0 Å². The molecule has 0 aliphatic heterocycles. The first-order valence-corrected chi connectivity index (χ1v) is 6.67. The third kappa shape index (κ3) is 6.61. The Kier molecular flexibility index (Phi) is 13.0. The summed E-state index contributed by atoms with van der Waals surface area (Å²) < 4.78 is 0. The molecule has 2 aromatic rings. The van der Waals surface area contributed by atoms with E-state index in [9.17, 15) is 0 Å². The van der Waals surface area contributed by atoms with E-state index in [2.05, 4.69) is 30.8 Å². The molecular weight excluding hydrogens is 228 g/mol. The van der Waals surface area contributed by atoms with Crippen molar-refractivity contribution in [1.82, 2.24) is 0 Å². The van der Waals surface area contributed by atoms with E-state index < -0.39 is 0 Å². The summed E-state index contributed by atoms with van der Waals surface area (Å²) in [6.45, 7) is 12.1. The summed E-state index contributed by atoms with van der Waals surface area (Å²) in [5.41, 5.74) is 3.43. The Morgan fingerprint density at radius 3 is 1.16 bits per heavy atom. The molecule has 0 unspecified atom stereocenters. The standard InChI is InChI=1S/C14H12.2C2H6.CH4/c1-12(13-8-4-2-5-9-13)14-10-6-3-7-11-14;2*1-2;/h2-11H,1H2;2*1-2H3;1H4. The lowest BCUT2D eigenvalue weighted by Crippen LogP contribution is -1.84. The van der Waals surface area contributed by atoms with Crippen molar-refractivity contribution >= 4 is 5.57 Å². The van der Waals surface area contributed by atoms with Crippen LogP contribution in [0, 0.1) is 0 Å². The second kappa shape index (κ2) is 12.6. The molecule has 0 saturated heterocycles. The summed E-state index contributed by atoms with van der Waals surface area (Å²) in [5, 5.41) is 0. The van der Waals surface area contributed by atoms with E-state index in [4.69, 9.17) is 0 Å². The van der Waals surface area contributed by atoms with Crippen molar-refractivity contribution in [3.8, 4) is 0 Å².